The Morgan fingerprint density at radius 2 is 1.81 bits per heavy atom. The zero-order valence-electron chi connectivity index (χ0n) is 18.6. The van der Waals surface area contributed by atoms with Crippen LogP contribution in [0.25, 0.3) is 0 Å². The molecule has 174 valence electrons. The average Bonchev–Trinajstić information content (AvgIpc) is 3.12. The first-order chi connectivity index (χ1) is 15.5. The van der Waals surface area contributed by atoms with Crippen LogP contribution in [0.2, 0.25) is 0 Å². The normalized spacial score (nSPS) is 19.4. The standard InChI is InChI=1S/C23H31F3N6/c1-3-8-16(4-2)32-21-19(13-27-22(31-21)28-15-9-6-5-7-10-15)29-23(32)30-20-17(25)11-14(24)12-18(20)26/h11-13,15-16,23,29-30H,3-10H2,1-2H3,(H,27,28,31). The molecule has 1 aromatic heterocycles. The van der Waals surface area contributed by atoms with Crippen molar-refractivity contribution in [3.8, 4) is 0 Å². The fourth-order valence-corrected chi connectivity index (χ4v) is 4.69. The summed E-state index contributed by atoms with van der Waals surface area (Å²) in [7, 11) is 0. The number of nitrogens with one attached hydrogen (secondary N) is 3. The van der Waals surface area contributed by atoms with Gasteiger partial charge in [0.15, 0.2) is 23.7 Å². The topological polar surface area (TPSA) is 65.1 Å². The van der Waals surface area contributed by atoms with Gasteiger partial charge in [-0.2, -0.15) is 4.98 Å². The van der Waals surface area contributed by atoms with Gasteiger partial charge in [-0.3, -0.25) is 0 Å². The maximum Gasteiger partial charge on any atom is 0.224 e. The number of aromatic nitrogens is 2. The molecule has 0 spiro atoms. The van der Waals surface area contributed by atoms with Gasteiger partial charge in [0.1, 0.15) is 11.5 Å². The van der Waals surface area contributed by atoms with Crippen LogP contribution in [-0.2, 0) is 0 Å². The summed E-state index contributed by atoms with van der Waals surface area (Å²) in [6.07, 6.45) is 9.60. The number of fused-ring (bicyclic) bond motifs is 1. The Labute approximate surface area is 187 Å². The molecule has 0 bridgehead atoms. The van der Waals surface area contributed by atoms with Crippen molar-refractivity contribution in [2.75, 3.05) is 20.9 Å². The van der Waals surface area contributed by atoms with Gasteiger partial charge in [0.05, 0.1) is 11.9 Å². The van der Waals surface area contributed by atoms with Crippen molar-refractivity contribution in [3.63, 3.8) is 0 Å². The van der Waals surface area contributed by atoms with E-state index in [0.717, 1.165) is 32.1 Å². The van der Waals surface area contributed by atoms with Crippen LogP contribution in [0.5, 0.6) is 0 Å². The highest BCUT2D eigenvalue weighted by Crippen LogP contribution is 2.37. The van der Waals surface area contributed by atoms with E-state index >= 15 is 0 Å². The summed E-state index contributed by atoms with van der Waals surface area (Å²) in [5.41, 5.74) is 0.316. The average molecular weight is 449 g/mol. The zero-order chi connectivity index (χ0) is 22.7. The van der Waals surface area contributed by atoms with Crippen LogP contribution in [0, 0.1) is 17.5 Å². The summed E-state index contributed by atoms with van der Waals surface area (Å²) in [5, 5.41) is 9.58. The van der Waals surface area contributed by atoms with Gasteiger partial charge in [0.25, 0.3) is 0 Å². The minimum atomic E-state index is -0.977. The van der Waals surface area contributed by atoms with Crippen LogP contribution >= 0.6 is 0 Å². The Kier molecular flexibility index (Phi) is 6.91. The molecule has 4 rings (SSSR count). The van der Waals surface area contributed by atoms with Gasteiger partial charge in [0.2, 0.25) is 5.95 Å². The van der Waals surface area contributed by atoms with E-state index in [-0.39, 0.29) is 11.7 Å². The predicted molar refractivity (Wildman–Crippen MR) is 121 cm³/mol. The van der Waals surface area contributed by atoms with E-state index in [4.69, 9.17) is 4.98 Å². The number of anilines is 4. The Balaban J connectivity index is 1.63. The molecular formula is C23H31F3N6. The first-order valence-corrected chi connectivity index (χ1v) is 11.6. The van der Waals surface area contributed by atoms with Gasteiger partial charge < -0.3 is 20.9 Å². The maximum absolute atomic E-state index is 14.3. The van der Waals surface area contributed by atoms with Crippen molar-refractivity contribution < 1.29 is 13.2 Å². The number of benzene rings is 1. The molecule has 9 heteroatoms. The summed E-state index contributed by atoms with van der Waals surface area (Å²) in [4.78, 5) is 11.3. The lowest BCUT2D eigenvalue weighted by molar-refractivity contribution is 0.460. The molecule has 2 atom stereocenters. The van der Waals surface area contributed by atoms with Gasteiger partial charge in [-0.1, -0.05) is 39.5 Å². The van der Waals surface area contributed by atoms with Crippen LogP contribution in [-0.4, -0.2) is 28.3 Å². The van der Waals surface area contributed by atoms with Gasteiger partial charge in [0, 0.05) is 24.2 Å². The molecule has 6 nitrogen and oxygen atoms in total. The van der Waals surface area contributed by atoms with E-state index in [2.05, 4.69) is 34.8 Å². The molecule has 1 aromatic carbocycles. The summed E-state index contributed by atoms with van der Waals surface area (Å²) in [6, 6.07) is 1.80. The quantitative estimate of drug-likeness (QED) is 0.471. The first-order valence-electron chi connectivity index (χ1n) is 11.6. The van der Waals surface area contributed by atoms with Crippen molar-refractivity contribution in [1.82, 2.24) is 9.97 Å². The van der Waals surface area contributed by atoms with Crippen molar-refractivity contribution in [1.29, 1.82) is 0 Å². The molecule has 32 heavy (non-hydrogen) atoms. The van der Waals surface area contributed by atoms with E-state index in [0.29, 0.717) is 35.6 Å². The van der Waals surface area contributed by atoms with Crippen LogP contribution in [0.3, 0.4) is 0 Å². The zero-order valence-corrected chi connectivity index (χ0v) is 18.6. The third-order valence-corrected chi connectivity index (χ3v) is 6.30. The van der Waals surface area contributed by atoms with Crippen molar-refractivity contribution in [2.45, 2.75) is 83.6 Å². The SMILES string of the molecule is CCCC(CC)N1c2nc(NC3CCCCC3)ncc2NC1Nc1c(F)cc(F)cc1F. The Morgan fingerprint density at radius 1 is 1.09 bits per heavy atom. The fraction of sp³-hybridized carbons (Fsp3) is 0.565. The summed E-state index contributed by atoms with van der Waals surface area (Å²) in [6.45, 7) is 4.18. The van der Waals surface area contributed by atoms with Gasteiger partial charge in [-0.25, -0.2) is 18.2 Å². The second-order valence-electron chi connectivity index (χ2n) is 8.60. The summed E-state index contributed by atoms with van der Waals surface area (Å²) >= 11 is 0. The lowest BCUT2D eigenvalue weighted by Crippen LogP contribution is -2.48. The molecule has 0 radical (unpaired) electrons. The van der Waals surface area contributed by atoms with E-state index < -0.39 is 23.7 Å². The maximum atomic E-state index is 14.3. The molecule has 2 unspecified atom stereocenters. The molecule has 2 aliphatic rings. The molecule has 1 saturated carbocycles. The molecule has 1 aliphatic carbocycles. The number of rotatable bonds is 8. The van der Waals surface area contributed by atoms with Gasteiger partial charge >= 0.3 is 0 Å². The lowest BCUT2D eigenvalue weighted by atomic mass is 9.96. The number of hydrogen-bond acceptors (Lipinski definition) is 6. The highest BCUT2D eigenvalue weighted by Gasteiger charge is 2.36. The third kappa shape index (κ3) is 4.71. The van der Waals surface area contributed by atoms with Crippen molar-refractivity contribution in [2.24, 2.45) is 0 Å². The highest BCUT2D eigenvalue weighted by molar-refractivity contribution is 5.74. The first kappa shape index (κ1) is 22.5. The Morgan fingerprint density at radius 3 is 2.47 bits per heavy atom. The number of nitrogens with zero attached hydrogens (tertiary/aromatic N) is 3. The number of halogens is 3. The monoisotopic (exact) mass is 448 g/mol. The minimum absolute atomic E-state index is 0.0928. The van der Waals surface area contributed by atoms with Crippen molar-refractivity contribution in [3.05, 3.63) is 35.8 Å². The molecular weight excluding hydrogens is 417 g/mol. The van der Waals surface area contributed by atoms with Crippen LogP contribution in [0.4, 0.5) is 36.3 Å². The summed E-state index contributed by atoms with van der Waals surface area (Å²) < 4.78 is 42.1. The van der Waals surface area contributed by atoms with Crippen LogP contribution < -0.4 is 20.9 Å². The molecule has 3 N–H and O–H groups in total. The number of hydrogen-bond donors (Lipinski definition) is 3. The van der Waals surface area contributed by atoms with Crippen LogP contribution in [0.1, 0.15) is 65.2 Å². The van der Waals surface area contributed by atoms with E-state index in [1.807, 2.05) is 4.90 Å². The molecule has 2 aromatic rings. The predicted octanol–water partition coefficient (Wildman–Crippen LogP) is 5.84. The minimum Gasteiger partial charge on any atom is -0.351 e. The molecule has 0 saturated heterocycles. The lowest BCUT2D eigenvalue weighted by Gasteiger charge is -2.34. The van der Waals surface area contributed by atoms with E-state index in [1.54, 1.807) is 6.20 Å². The summed E-state index contributed by atoms with van der Waals surface area (Å²) in [5.74, 6) is -1.65. The molecule has 1 fully saturated rings. The highest BCUT2D eigenvalue weighted by atomic mass is 19.1. The Bertz CT molecular complexity index is 911. The van der Waals surface area contributed by atoms with Crippen molar-refractivity contribution >= 4 is 23.1 Å². The van der Waals surface area contributed by atoms with Gasteiger partial charge in [-0.05, 0) is 25.7 Å². The third-order valence-electron chi connectivity index (χ3n) is 6.30. The second-order valence-corrected chi connectivity index (χ2v) is 8.60. The van der Waals surface area contributed by atoms with Gasteiger partial charge in [-0.15, -0.1) is 0 Å². The smallest absolute Gasteiger partial charge is 0.224 e. The second kappa shape index (κ2) is 9.83. The van der Waals surface area contributed by atoms with Crippen LogP contribution in [0.15, 0.2) is 18.3 Å². The van der Waals surface area contributed by atoms with E-state index in [9.17, 15) is 13.2 Å². The largest absolute Gasteiger partial charge is 0.351 e. The molecule has 2 heterocycles. The van der Waals surface area contributed by atoms with E-state index in [1.165, 1.54) is 19.3 Å². The molecule has 0 amide bonds. The Hall–Kier alpha value is -2.71. The fourth-order valence-electron chi connectivity index (χ4n) is 4.69. The molecule has 1 aliphatic heterocycles.